The van der Waals surface area contributed by atoms with Gasteiger partial charge < -0.3 is 5.11 Å². The van der Waals surface area contributed by atoms with Gasteiger partial charge >= 0.3 is 0 Å². The Morgan fingerprint density at radius 3 is 2.56 bits per heavy atom. The highest BCUT2D eigenvalue weighted by Gasteiger charge is 2.13. The van der Waals surface area contributed by atoms with E-state index in [2.05, 4.69) is 0 Å². The van der Waals surface area contributed by atoms with E-state index in [1.54, 1.807) is 18.2 Å². The number of halogens is 2. The van der Waals surface area contributed by atoms with Crippen LogP contribution in [0.3, 0.4) is 0 Å². The summed E-state index contributed by atoms with van der Waals surface area (Å²) in [6, 6.07) is 7.97. The molecule has 1 aliphatic rings. The molecule has 4 heteroatoms. The Labute approximate surface area is 113 Å². The largest absolute Gasteiger partial charge is 0.506 e. The molecule has 0 radical (unpaired) electrons. The molecule has 0 atom stereocenters. The zero-order valence-electron chi connectivity index (χ0n) is 9.15. The molecule has 0 spiro atoms. The van der Waals surface area contributed by atoms with Gasteiger partial charge in [0.25, 0.3) is 0 Å². The SMILES string of the molecule is Oc1cc2c(cc1Cl)C=Cc1ccc(F)cc1S2. The van der Waals surface area contributed by atoms with Gasteiger partial charge in [-0.2, -0.15) is 0 Å². The van der Waals surface area contributed by atoms with E-state index in [1.165, 1.54) is 23.9 Å². The summed E-state index contributed by atoms with van der Waals surface area (Å²) in [6.07, 6.45) is 3.83. The van der Waals surface area contributed by atoms with Crippen molar-refractivity contribution in [3.63, 3.8) is 0 Å². The fraction of sp³-hybridized carbons (Fsp3) is 0. The lowest BCUT2D eigenvalue weighted by molar-refractivity contribution is 0.474. The molecule has 90 valence electrons. The van der Waals surface area contributed by atoms with Gasteiger partial charge in [0.2, 0.25) is 0 Å². The zero-order valence-corrected chi connectivity index (χ0v) is 10.7. The molecule has 2 aromatic rings. The minimum atomic E-state index is -0.267. The van der Waals surface area contributed by atoms with Crippen molar-refractivity contribution in [2.75, 3.05) is 0 Å². The minimum Gasteiger partial charge on any atom is -0.506 e. The van der Waals surface area contributed by atoms with Crippen molar-refractivity contribution in [1.29, 1.82) is 0 Å². The van der Waals surface area contributed by atoms with Gasteiger partial charge in [-0.3, -0.25) is 0 Å². The van der Waals surface area contributed by atoms with Gasteiger partial charge in [0.1, 0.15) is 11.6 Å². The summed E-state index contributed by atoms with van der Waals surface area (Å²) in [4.78, 5) is 1.68. The Morgan fingerprint density at radius 2 is 1.72 bits per heavy atom. The molecule has 0 unspecified atom stereocenters. The molecular formula is C14H8ClFOS. The molecule has 3 rings (SSSR count). The van der Waals surface area contributed by atoms with Gasteiger partial charge in [0.15, 0.2) is 0 Å². The summed E-state index contributed by atoms with van der Waals surface area (Å²) < 4.78 is 13.2. The molecule has 1 nitrogen and oxygen atoms in total. The zero-order chi connectivity index (χ0) is 12.7. The predicted octanol–water partition coefficient (Wildman–Crippen LogP) is 4.82. The number of fused-ring (bicyclic) bond motifs is 2. The van der Waals surface area contributed by atoms with E-state index in [4.69, 9.17) is 11.6 Å². The summed E-state index contributed by atoms with van der Waals surface area (Å²) in [6.45, 7) is 0. The van der Waals surface area contributed by atoms with E-state index in [9.17, 15) is 9.50 Å². The molecule has 0 aromatic heterocycles. The molecule has 0 bridgehead atoms. The van der Waals surface area contributed by atoms with Gasteiger partial charge in [-0.05, 0) is 35.4 Å². The molecule has 1 heterocycles. The molecule has 1 aliphatic heterocycles. The van der Waals surface area contributed by atoms with Crippen LogP contribution in [0.25, 0.3) is 12.2 Å². The lowest BCUT2D eigenvalue weighted by atomic mass is 10.1. The number of hydrogen-bond acceptors (Lipinski definition) is 2. The third-order valence-corrected chi connectivity index (χ3v) is 4.17. The summed E-state index contributed by atoms with van der Waals surface area (Å²) in [5, 5.41) is 9.94. The molecule has 0 fully saturated rings. The second kappa shape index (κ2) is 4.34. The average Bonchev–Trinajstić information content (AvgIpc) is 2.49. The van der Waals surface area contributed by atoms with Gasteiger partial charge in [0.05, 0.1) is 5.02 Å². The molecular weight excluding hydrogens is 271 g/mol. The van der Waals surface area contributed by atoms with Crippen molar-refractivity contribution in [1.82, 2.24) is 0 Å². The monoisotopic (exact) mass is 278 g/mol. The fourth-order valence-electron chi connectivity index (χ4n) is 1.81. The first-order chi connectivity index (χ1) is 8.63. The number of phenols is 1. The topological polar surface area (TPSA) is 20.2 Å². The van der Waals surface area contributed by atoms with Crippen LogP contribution < -0.4 is 0 Å². The number of phenolic OH excluding ortho intramolecular Hbond substituents is 1. The minimum absolute atomic E-state index is 0.0381. The quantitative estimate of drug-likeness (QED) is 0.636. The number of benzene rings is 2. The molecule has 0 saturated heterocycles. The van der Waals surface area contributed by atoms with Crippen molar-refractivity contribution in [2.45, 2.75) is 9.79 Å². The first kappa shape index (κ1) is 11.6. The lowest BCUT2D eigenvalue weighted by Gasteiger charge is -2.07. The Balaban J connectivity index is 2.17. The lowest BCUT2D eigenvalue weighted by Crippen LogP contribution is -1.82. The van der Waals surface area contributed by atoms with Crippen LogP contribution in [0.2, 0.25) is 5.02 Å². The van der Waals surface area contributed by atoms with Gasteiger partial charge in [-0.15, -0.1) is 0 Å². The highest BCUT2D eigenvalue weighted by molar-refractivity contribution is 7.99. The smallest absolute Gasteiger partial charge is 0.135 e. The van der Waals surface area contributed by atoms with Crippen LogP contribution in [0.15, 0.2) is 40.1 Å². The first-order valence-electron chi connectivity index (χ1n) is 5.31. The molecule has 0 aliphatic carbocycles. The normalized spacial score (nSPS) is 12.8. The highest BCUT2D eigenvalue weighted by Crippen LogP contribution is 2.41. The van der Waals surface area contributed by atoms with E-state index in [0.29, 0.717) is 5.02 Å². The van der Waals surface area contributed by atoms with E-state index in [1.807, 2.05) is 12.2 Å². The van der Waals surface area contributed by atoms with Gasteiger partial charge in [0, 0.05) is 9.79 Å². The van der Waals surface area contributed by atoms with Crippen LogP contribution in [0.4, 0.5) is 4.39 Å². The third kappa shape index (κ3) is 2.00. The molecule has 2 aromatic carbocycles. The van der Waals surface area contributed by atoms with Crippen LogP contribution in [-0.2, 0) is 0 Å². The first-order valence-corrected chi connectivity index (χ1v) is 6.51. The second-order valence-corrected chi connectivity index (χ2v) is 5.45. The van der Waals surface area contributed by atoms with E-state index >= 15 is 0 Å². The third-order valence-electron chi connectivity index (χ3n) is 2.72. The second-order valence-electron chi connectivity index (χ2n) is 3.96. The Kier molecular flexibility index (Phi) is 2.80. The Morgan fingerprint density at radius 1 is 1.00 bits per heavy atom. The summed E-state index contributed by atoms with van der Waals surface area (Å²) in [5.41, 5.74) is 1.87. The Hall–Kier alpha value is -1.45. The highest BCUT2D eigenvalue weighted by atomic mass is 35.5. The van der Waals surface area contributed by atoms with Gasteiger partial charge in [-0.1, -0.05) is 41.6 Å². The van der Waals surface area contributed by atoms with E-state index in [-0.39, 0.29) is 11.6 Å². The molecule has 0 saturated carbocycles. The van der Waals surface area contributed by atoms with E-state index in [0.717, 1.165) is 20.9 Å². The van der Waals surface area contributed by atoms with Crippen molar-refractivity contribution in [3.05, 3.63) is 52.3 Å². The summed E-state index contributed by atoms with van der Waals surface area (Å²) >= 11 is 7.30. The maximum Gasteiger partial charge on any atom is 0.135 e. The van der Waals surface area contributed by atoms with Crippen molar-refractivity contribution in [3.8, 4) is 5.75 Å². The fourth-order valence-corrected chi connectivity index (χ4v) is 3.06. The Bertz CT molecular complexity index is 667. The number of aromatic hydroxyl groups is 1. The van der Waals surface area contributed by atoms with Crippen LogP contribution in [0.5, 0.6) is 5.75 Å². The van der Waals surface area contributed by atoms with Crippen LogP contribution >= 0.6 is 23.4 Å². The van der Waals surface area contributed by atoms with E-state index < -0.39 is 0 Å². The summed E-state index contributed by atoms with van der Waals surface area (Å²) in [7, 11) is 0. The van der Waals surface area contributed by atoms with Crippen LogP contribution in [0.1, 0.15) is 11.1 Å². The predicted molar refractivity (Wildman–Crippen MR) is 72.6 cm³/mol. The van der Waals surface area contributed by atoms with Crippen LogP contribution in [0, 0.1) is 5.82 Å². The van der Waals surface area contributed by atoms with Crippen molar-refractivity contribution < 1.29 is 9.50 Å². The standard InChI is InChI=1S/C14H8ClFOS/c15-11-5-9-2-1-8-3-4-10(16)6-13(8)18-14(9)7-12(11)17/h1-7,17H. The van der Waals surface area contributed by atoms with Crippen LogP contribution in [-0.4, -0.2) is 5.11 Å². The number of rotatable bonds is 0. The number of hydrogen-bond donors (Lipinski definition) is 1. The van der Waals surface area contributed by atoms with Gasteiger partial charge in [-0.25, -0.2) is 4.39 Å². The average molecular weight is 279 g/mol. The molecule has 0 amide bonds. The van der Waals surface area contributed by atoms with Crippen molar-refractivity contribution >= 4 is 35.5 Å². The van der Waals surface area contributed by atoms with Crippen molar-refractivity contribution in [2.24, 2.45) is 0 Å². The molecule has 1 N–H and O–H groups in total. The maximum absolute atomic E-state index is 13.2. The maximum atomic E-state index is 13.2. The molecule has 18 heavy (non-hydrogen) atoms. The summed E-state index contributed by atoms with van der Waals surface area (Å²) in [5.74, 6) is -0.229.